The van der Waals surface area contributed by atoms with E-state index in [-0.39, 0.29) is 5.16 Å². The van der Waals surface area contributed by atoms with Crippen molar-refractivity contribution in [3.8, 4) is 0 Å². The zero-order chi connectivity index (χ0) is 25.1. The first-order valence-electron chi connectivity index (χ1n) is 15.4. The molecule has 7 rings (SSSR count). The average Bonchev–Trinajstić information content (AvgIpc) is 2.88. The van der Waals surface area contributed by atoms with Crippen LogP contribution < -0.4 is 15.8 Å². The van der Waals surface area contributed by atoms with E-state index < -0.39 is 8.07 Å². The van der Waals surface area contributed by atoms with Crippen LogP contribution in [0.1, 0.15) is 81.8 Å². The summed E-state index contributed by atoms with van der Waals surface area (Å²) < 4.78 is 0. The molecule has 36 heavy (non-hydrogen) atoms. The Balaban J connectivity index is 1.55. The predicted molar refractivity (Wildman–Crippen MR) is 165 cm³/mol. The molecule has 7 atom stereocenters. The molecule has 0 amide bonds. The minimum atomic E-state index is -1.43. The van der Waals surface area contributed by atoms with E-state index in [1.807, 2.05) is 0 Å². The molecule has 7 unspecified atom stereocenters. The quantitative estimate of drug-likeness (QED) is 0.333. The van der Waals surface area contributed by atoms with Crippen LogP contribution in [0.25, 0.3) is 0 Å². The van der Waals surface area contributed by atoms with Gasteiger partial charge in [-0.2, -0.15) is 0 Å². The fourth-order valence-corrected chi connectivity index (χ4v) is 12.7. The van der Waals surface area contributed by atoms with Crippen molar-refractivity contribution in [1.29, 1.82) is 0 Å². The molecule has 5 heteroatoms. The predicted octanol–water partition coefficient (Wildman–Crippen LogP) is 6.16. The van der Waals surface area contributed by atoms with Crippen LogP contribution in [0.5, 0.6) is 0 Å². The number of hydrogen-bond acceptors (Lipinski definition) is 2. The van der Waals surface area contributed by atoms with Gasteiger partial charge < -0.3 is 10.6 Å². The van der Waals surface area contributed by atoms with E-state index in [2.05, 4.69) is 67.0 Å². The minimum Gasteiger partial charge on any atom is -0.313 e. The van der Waals surface area contributed by atoms with E-state index in [9.17, 15) is 0 Å². The number of nitrogens with one attached hydrogen (secondary N) is 2. The van der Waals surface area contributed by atoms with Gasteiger partial charge in [-0.3, -0.25) is 0 Å². The molecule has 6 fully saturated rings. The Kier molecular flexibility index (Phi) is 7.34. The molecule has 2 heterocycles. The molecule has 1 aromatic rings. The summed E-state index contributed by atoms with van der Waals surface area (Å²) in [7, 11) is 5.36. The van der Waals surface area contributed by atoms with Crippen molar-refractivity contribution >= 4 is 31.7 Å². The van der Waals surface area contributed by atoms with Crippen molar-refractivity contribution < 1.29 is 0 Å². The number of rotatable bonds is 6. The van der Waals surface area contributed by atoms with Crippen LogP contribution in [0.3, 0.4) is 0 Å². The lowest BCUT2D eigenvalue weighted by Gasteiger charge is -2.63. The van der Waals surface area contributed by atoms with Gasteiger partial charge in [0.05, 0.1) is 8.07 Å². The molecule has 2 aliphatic heterocycles. The fraction of sp³-hybridized carbons (Fsp3) is 0.806. The summed E-state index contributed by atoms with van der Waals surface area (Å²) in [4.78, 5) is 0. The Labute approximate surface area is 227 Å². The van der Waals surface area contributed by atoms with Crippen molar-refractivity contribution in [3.05, 3.63) is 29.3 Å². The second-order valence-electron chi connectivity index (χ2n) is 14.6. The lowest BCUT2D eigenvalue weighted by molar-refractivity contribution is -0.0525. The van der Waals surface area contributed by atoms with Crippen LogP contribution in [0.15, 0.2) is 18.2 Å². The van der Waals surface area contributed by atoms with Crippen molar-refractivity contribution in [2.24, 2.45) is 23.7 Å². The smallest absolute Gasteiger partial charge is 0.0776 e. The number of piperidine rings is 2. The summed E-state index contributed by atoms with van der Waals surface area (Å²) in [5.41, 5.74) is 3.91. The van der Waals surface area contributed by atoms with E-state index in [1.54, 1.807) is 16.3 Å². The Morgan fingerprint density at radius 3 is 2.03 bits per heavy atom. The van der Waals surface area contributed by atoms with Gasteiger partial charge in [0.25, 0.3) is 0 Å². The van der Waals surface area contributed by atoms with E-state index in [4.69, 9.17) is 0 Å². The third kappa shape index (κ3) is 4.34. The highest BCUT2D eigenvalue weighted by molar-refractivity contribution is 7.18. The van der Waals surface area contributed by atoms with Crippen molar-refractivity contribution in [2.75, 3.05) is 19.3 Å². The maximum Gasteiger partial charge on any atom is 0.0776 e. The van der Waals surface area contributed by atoms with Crippen molar-refractivity contribution in [3.63, 3.8) is 0 Å². The zero-order valence-electron chi connectivity index (χ0n) is 23.3. The molecule has 2 nitrogen and oxygen atoms in total. The summed E-state index contributed by atoms with van der Waals surface area (Å²) in [6.07, 6.45) is 16.8. The molecule has 0 aromatic heterocycles. The maximum atomic E-state index is 4.09. The lowest BCUT2D eigenvalue weighted by Crippen LogP contribution is -2.61. The van der Waals surface area contributed by atoms with Gasteiger partial charge in [-0.25, -0.2) is 0 Å². The molecule has 0 radical (unpaired) electrons. The molecule has 200 valence electrons. The molecular formula is C31H52N2P2Si. The maximum absolute atomic E-state index is 4.09. The third-order valence-corrected chi connectivity index (χ3v) is 15.1. The van der Waals surface area contributed by atoms with Crippen molar-refractivity contribution in [1.82, 2.24) is 10.6 Å². The molecule has 6 aliphatic rings. The second kappa shape index (κ2) is 10.00. The van der Waals surface area contributed by atoms with Gasteiger partial charge in [-0.05, 0) is 117 Å². The summed E-state index contributed by atoms with van der Waals surface area (Å²) in [5.74, 6) is 3.75. The average molecular weight is 543 g/mol. The van der Waals surface area contributed by atoms with Gasteiger partial charge in [0, 0.05) is 17.2 Å². The second-order valence-corrected chi connectivity index (χ2v) is 21.1. The highest BCUT2D eigenvalue weighted by atomic mass is 31.0. The monoisotopic (exact) mass is 542 g/mol. The summed E-state index contributed by atoms with van der Waals surface area (Å²) in [5, 5.41) is 9.90. The van der Waals surface area contributed by atoms with Crippen LogP contribution >= 0.6 is 18.5 Å². The van der Waals surface area contributed by atoms with Crippen LogP contribution in [0, 0.1) is 23.7 Å². The molecule has 1 aromatic carbocycles. The van der Waals surface area contributed by atoms with E-state index >= 15 is 0 Å². The van der Waals surface area contributed by atoms with E-state index in [0.717, 1.165) is 23.7 Å². The molecular weight excluding hydrogens is 490 g/mol. The normalized spacial score (nSPS) is 40.2. The fourth-order valence-electron chi connectivity index (χ4n) is 9.92. The SMILES string of the molecule is C[Si](C)(C)c1ccc(C23CC4CC(CC(C4)C2CP)C3)c(C(P)(C2CCCCN2)C2CCCCN2)c1. The molecule has 0 spiro atoms. The van der Waals surface area contributed by atoms with Gasteiger partial charge in [-0.1, -0.05) is 55.9 Å². The standard InChI is InChI=1S/C31H52N2P2Si/c1-36(2,3)24-10-11-25(30-18-21-14-22(19-30)16-23(15-21)27(30)20-34)26(17-24)31(35,28-8-4-6-12-32-28)29-9-5-7-13-33-29/h10-11,17,21-23,27-29,32-33H,4-9,12-16,18-20,34-35H2,1-3H3. The van der Waals surface area contributed by atoms with Crippen molar-refractivity contribution in [2.45, 2.75) is 113 Å². The van der Waals surface area contributed by atoms with Crippen LogP contribution in [0.2, 0.25) is 19.6 Å². The first-order valence-corrected chi connectivity index (χ1v) is 20.3. The lowest BCUT2D eigenvalue weighted by atomic mass is 9.43. The highest BCUT2D eigenvalue weighted by Gasteiger charge is 2.59. The van der Waals surface area contributed by atoms with Crippen LogP contribution in [-0.4, -0.2) is 39.4 Å². The van der Waals surface area contributed by atoms with Gasteiger partial charge in [0.2, 0.25) is 0 Å². The van der Waals surface area contributed by atoms with Gasteiger partial charge >= 0.3 is 0 Å². The zero-order valence-corrected chi connectivity index (χ0v) is 26.6. The topological polar surface area (TPSA) is 24.1 Å². The highest BCUT2D eigenvalue weighted by Crippen LogP contribution is 2.65. The van der Waals surface area contributed by atoms with Gasteiger partial charge in [-0.15, -0.1) is 18.5 Å². The van der Waals surface area contributed by atoms with E-state index in [0.29, 0.717) is 17.5 Å². The number of hydrogen-bond donors (Lipinski definition) is 2. The van der Waals surface area contributed by atoms with Crippen LogP contribution in [-0.2, 0) is 10.6 Å². The molecule has 4 aliphatic carbocycles. The Bertz CT molecular complexity index is 914. The molecule has 2 N–H and O–H groups in total. The molecule has 4 saturated carbocycles. The first-order chi connectivity index (χ1) is 17.3. The van der Waals surface area contributed by atoms with Crippen LogP contribution in [0.4, 0.5) is 0 Å². The minimum absolute atomic E-state index is 0.0700. The first kappa shape index (κ1) is 26.4. The van der Waals surface area contributed by atoms with Gasteiger partial charge in [0.1, 0.15) is 0 Å². The summed E-state index contributed by atoms with van der Waals surface area (Å²) >= 11 is 0. The van der Waals surface area contributed by atoms with Gasteiger partial charge in [0.15, 0.2) is 0 Å². The third-order valence-electron chi connectivity index (χ3n) is 11.4. The summed E-state index contributed by atoms with van der Waals surface area (Å²) in [6, 6.07) is 9.17. The number of benzene rings is 1. The molecule has 4 bridgehead atoms. The largest absolute Gasteiger partial charge is 0.313 e. The summed E-state index contributed by atoms with van der Waals surface area (Å²) in [6.45, 7) is 10.0. The Hall–Kier alpha value is 0.217. The van der Waals surface area contributed by atoms with E-state index in [1.165, 1.54) is 89.9 Å². The Morgan fingerprint density at radius 2 is 1.53 bits per heavy atom. The molecule has 2 saturated heterocycles. The Morgan fingerprint density at radius 1 is 0.917 bits per heavy atom.